The molecule has 1 heterocycles. The van der Waals surface area contributed by atoms with Crippen LogP contribution in [0.3, 0.4) is 0 Å². The molecule has 0 aliphatic carbocycles. The van der Waals surface area contributed by atoms with Gasteiger partial charge in [-0.1, -0.05) is 66.2 Å². The minimum absolute atomic E-state index is 0.342. The summed E-state index contributed by atoms with van der Waals surface area (Å²) >= 11 is 0. The van der Waals surface area contributed by atoms with Crippen molar-refractivity contribution in [1.82, 2.24) is 10.3 Å². The third-order valence-corrected chi connectivity index (χ3v) is 5.74. The van der Waals surface area contributed by atoms with Crippen LogP contribution in [0.2, 0.25) is 0 Å². The first-order valence-electron chi connectivity index (χ1n) is 9.55. The summed E-state index contributed by atoms with van der Waals surface area (Å²) in [5, 5.41) is 3.32. The van der Waals surface area contributed by atoms with Gasteiger partial charge in [0.1, 0.15) is 0 Å². The average Bonchev–Trinajstić information content (AvgIpc) is 2.68. The Morgan fingerprint density at radius 3 is 2.36 bits per heavy atom. The smallest absolute Gasteiger partial charge is 0.197 e. The number of pyridine rings is 1. The molecular weight excluding hydrogens is 367 g/mol. The van der Waals surface area contributed by atoms with Gasteiger partial charge in [-0.15, -0.1) is 0 Å². The maximum absolute atomic E-state index is 11.4. The van der Waals surface area contributed by atoms with Crippen molar-refractivity contribution < 1.29 is 9.46 Å². The van der Waals surface area contributed by atoms with E-state index < -0.39 is 7.37 Å². The number of benzene rings is 2. The fraction of sp³-hybridized carbons (Fsp3) is 0.261. The van der Waals surface area contributed by atoms with Gasteiger partial charge in [0.05, 0.1) is 11.4 Å². The molecule has 28 heavy (non-hydrogen) atoms. The molecule has 1 aromatic heterocycles. The van der Waals surface area contributed by atoms with Crippen molar-refractivity contribution >= 4 is 7.37 Å². The molecule has 0 saturated carbocycles. The molecule has 0 bridgehead atoms. The summed E-state index contributed by atoms with van der Waals surface area (Å²) in [6.07, 6.45) is 1.02. The average molecular weight is 394 g/mol. The number of aryl methyl sites for hydroxylation is 1. The summed E-state index contributed by atoms with van der Waals surface area (Å²) in [6.45, 7) is 4.82. The van der Waals surface area contributed by atoms with Gasteiger partial charge in [0.15, 0.2) is 7.37 Å². The van der Waals surface area contributed by atoms with E-state index in [0.29, 0.717) is 25.7 Å². The van der Waals surface area contributed by atoms with Crippen molar-refractivity contribution in [2.75, 3.05) is 19.4 Å². The van der Waals surface area contributed by atoms with Crippen LogP contribution in [0.5, 0.6) is 0 Å². The molecule has 0 saturated heterocycles. The number of hydrogen-bond acceptors (Lipinski definition) is 3. The van der Waals surface area contributed by atoms with E-state index in [9.17, 15) is 9.46 Å². The number of rotatable bonds is 8. The SMILES string of the molecule is Cc1ccc(-c2ccc(CNCCCP(C)(=O)O)nc2-c2ccccc2)cc1. The van der Waals surface area contributed by atoms with Crippen LogP contribution in [0.4, 0.5) is 0 Å². The first-order valence-corrected chi connectivity index (χ1v) is 11.8. The lowest BCUT2D eigenvalue weighted by molar-refractivity contribution is 0.481. The van der Waals surface area contributed by atoms with Gasteiger partial charge in [0.2, 0.25) is 0 Å². The number of hydrogen-bond donors (Lipinski definition) is 2. The summed E-state index contributed by atoms with van der Waals surface area (Å²) in [5.41, 5.74) is 6.52. The van der Waals surface area contributed by atoms with E-state index in [2.05, 4.69) is 54.7 Å². The monoisotopic (exact) mass is 394 g/mol. The lowest BCUT2D eigenvalue weighted by Crippen LogP contribution is -2.16. The largest absolute Gasteiger partial charge is 0.344 e. The highest BCUT2D eigenvalue weighted by atomic mass is 31.2. The van der Waals surface area contributed by atoms with Gasteiger partial charge >= 0.3 is 0 Å². The second kappa shape index (κ2) is 9.29. The fourth-order valence-corrected chi connectivity index (χ4v) is 3.84. The van der Waals surface area contributed by atoms with Crippen LogP contribution in [0.25, 0.3) is 22.4 Å². The van der Waals surface area contributed by atoms with Gasteiger partial charge < -0.3 is 10.2 Å². The normalized spacial score (nSPS) is 13.2. The van der Waals surface area contributed by atoms with Crippen LogP contribution in [0.15, 0.2) is 66.7 Å². The molecule has 0 radical (unpaired) electrons. The molecule has 3 rings (SSSR count). The summed E-state index contributed by atoms with van der Waals surface area (Å²) in [7, 11) is -2.93. The first-order chi connectivity index (χ1) is 13.4. The van der Waals surface area contributed by atoms with Gasteiger partial charge in [-0.05, 0) is 31.5 Å². The zero-order valence-electron chi connectivity index (χ0n) is 16.4. The molecule has 2 N–H and O–H groups in total. The predicted octanol–water partition coefficient (Wildman–Crippen LogP) is 5.10. The van der Waals surface area contributed by atoms with Crippen LogP contribution >= 0.6 is 7.37 Å². The molecule has 2 aromatic carbocycles. The number of nitrogens with one attached hydrogen (secondary N) is 1. The Balaban J connectivity index is 1.80. The Labute approximate surface area is 167 Å². The topological polar surface area (TPSA) is 62.2 Å². The van der Waals surface area contributed by atoms with E-state index in [0.717, 1.165) is 28.1 Å². The Kier molecular flexibility index (Phi) is 6.79. The number of nitrogens with zero attached hydrogens (tertiary/aromatic N) is 1. The Bertz CT molecular complexity index is 950. The molecule has 4 nitrogen and oxygen atoms in total. The fourth-order valence-electron chi connectivity index (χ4n) is 3.09. The lowest BCUT2D eigenvalue weighted by Gasteiger charge is -2.13. The van der Waals surface area contributed by atoms with E-state index in [4.69, 9.17) is 4.98 Å². The molecule has 5 heteroatoms. The molecule has 0 aliphatic heterocycles. The maximum Gasteiger partial charge on any atom is 0.197 e. The van der Waals surface area contributed by atoms with Crippen molar-refractivity contribution in [3.05, 3.63) is 78.0 Å². The lowest BCUT2D eigenvalue weighted by atomic mass is 9.98. The molecule has 1 atom stereocenters. The van der Waals surface area contributed by atoms with E-state index in [1.54, 1.807) is 0 Å². The van der Waals surface area contributed by atoms with Gasteiger partial charge in [-0.3, -0.25) is 9.55 Å². The van der Waals surface area contributed by atoms with Gasteiger partial charge in [-0.2, -0.15) is 0 Å². The van der Waals surface area contributed by atoms with Crippen molar-refractivity contribution in [3.63, 3.8) is 0 Å². The van der Waals surface area contributed by atoms with E-state index in [1.165, 1.54) is 12.2 Å². The van der Waals surface area contributed by atoms with Crippen molar-refractivity contribution in [3.8, 4) is 22.4 Å². The summed E-state index contributed by atoms with van der Waals surface area (Å²) in [6, 6.07) is 22.9. The molecule has 1 unspecified atom stereocenters. The van der Waals surface area contributed by atoms with Crippen LogP contribution in [-0.2, 0) is 11.1 Å². The molecule has 0 fully saturated rings. The standard InChI is InChI=1S/C23H27N2O2P/c1-18-9-11-19(12-10-18)22-14-13-21(17-24-15-6-16-28(2,26)27)25-23(22)20-7-4-3-5-8-20/h3-5,7-14,24H,6,15-17H2,1-2H3,(H,26,27). The van der Waals surface area contributed by atoms with Crippen LogP contribution in [-0.4, -0.2) is 29.2 Å². The van der Waals surface area contributed by atoms with E-state index in [-0.39, 0.29) is 0 Å². The molecule has 0 aliphatic rings. The highest BCUT2D eigenvalue weighted by Gasteiger charge is 2.11. The number of aromatic nitrogens is 1. The Hall–Kier alpha value is -2.26. The van der Waals surface area contributed by atoms with Crippen molar-refractivity contribution in [2.45, 2.75) is 19.9 Å². The Morgan fingerprint density at radius 1 is 0.964 bits per heavy atom. The highest BCUT2D eigenvalue weighted by molar-refractivity contribution is 7.57. The van der Waals surface area contributed by atoms with Crippen molar-refractivity contribution in [2.24, 2.45) is 0 Å². The predicted molar refractivity (Wildman–Crippen MR) is 117 cm³/mol. The minimum atomic E-state index is -2.93. The first kappa shape index (κ1) is 20.5. The van der Waals surface area contributed by atoms with Gasteiger partial charge in [0.25, 0.3) is 0 Å². The third kappa shape index (κ3) is 5.87. The molecule has 0 amide bonds. The summed E-state index contributed by atoms with van der Waals surface area (Å²) in [4.78, 5) is 14.3. The quantitative estimate of drug-likeness (QED) is 0.412. The third-order valence-electron chi connectivity index (χ3n) is 4.60. The second-order valence-corrected chi connectivity index (χ2v) is 9.78. The van der Waals surface area contributed by atoms with Crippen LogP contribution in [0.1, 0.15) is 17.7 Å². The zero-order valence-corrected chi connectivity index (χ0v) is 17.3. The molecule has 3 aromatic rings. The van der Waals surface area contributed by atoms with Crippen LogP contribution in [0, 0.1) is 6.92 Å². The highest BCUT2D eigenvalue weighted by Crippen LogP contribution is 2.35. The van der Waals surface area contributed by atoms with Gasteiger partial charge in [0, 0.05) is 30.5 Å². The Morgan fingerprint density at radius 2 is 1.68 bits per heavy atom. The van der Waals surface area contributed by atoms with Gasteiger partial charge in [-0.25, -0.2) is 0 Å². The van der Waals surface area contributed by atoms with Crippen molar-refractivity contribution in [1.29, 1.82) is 0 Å². The zero-order chi connectivity index (χ0) is 20.0. The molecular formula is C23H27N2O2P. The second-order valence-electron chi connectivity index (χ2n) is 7.24. The summed E-state index contributed by atoms with van der Waals surface area (Å²) in [5.74, 6) is 0. The van der Waals surface area contributed by atoms with E-state index in [1.807, 2.05) is 24.3 Å². The summed E-state index contributed by atoms with van der Waals surface area (Å²) < 4.78 is 11.4. The molecule has 0 spiro atoms. The minimum Gasteiger partial charge on any atom is -0.344 e. The molecule has 146 valence electrons. The van der Waals surface area contributed by atoms with E-state index >= 15 is 0 Å². The van der Waals surface area contributed by atoms with Crippen LogP contribution < -0.4 is 5.32 Å². The maximum atomic E-state index is 11.4.